The maximum absolute atomic E-state index is 12.4. The fourth-order valence-electron chi connectivity index (χ4n) is 3.33. The van der Waals surface area contributed by atoms with Gasteiger partial charge in [0.1, 0.15) is 12.4 Å². The molecular formula is C25H27N3O6S. The Kier molecular flexibility index (Phi) is 8.08. The van der Waals surface area contributed by atoms with Crippen LogP contribution in [0.3, 0.4) is 0 Å². The molecule has 1 amide bonds. The molecule has 0 saturated carbocycles. The number of aryl methyl sites for hydroxylation is 2. The summed E-state index contributed by atoms with van der Waals surface area (Å²) in [6.45, 7) is 4.64. The van der Waals surface area contributed by atoms with E-state index in [1.54, 1.807) is 24.3 Å². The van der Waals surface area contributed by atoms with Crippen LogP contribution in [-0.2, 0) is 16.6 Å². The minimum atomic E-state index is -3.71. The van der Waals surface area contributed by atoms with E-state index in [4.69, 9.17) is 4.74 Å². The third-order valence-electron chi connectivity index (χ3n) is 5.41. The molecule has 3 rings (SSSR count). The lowest BCUT2D eigenvalue weighted by molar-refractivity contribution is -0.384. The first-order valence-electron chi connectivity index (χ1n) is 10.8. The van der Waals surface area contributed by atoms with Crippen LogP contribution in [0, 0.1) is 24.0 Å². The zero-order chi connectivity index (χ0) is 25.6. The van der Waals surface area contributed by atoms with Gasteiger partial charge in [0.15, 0.2) is 0 Å². The van der Waals surface area contributed by atoms with Gasteiger partial charge >= 0.3 is 0 Å². The minimum Gasteiger partial charge on any atom is -0.492 e. The molecule has 0 aliphatic rings. The molecule has 0 aromatic heterocycles. The normalized spacial score (nSPS) is 11.1. The van der Waals surface area contributed by atoms with E-state index in [2.05, 4.69) is 5.32 Å². The van der Waals surface area contributed by atoms with Crippen molar-refractivity contribution in [1.29, 1.82) is 0 Å². The van der Waals surface area contributed by atoms with Gasteiger partial charge in [0.05, 0.1) is 30.0 Å². The number of nitro groups is 1. The molecule has 0 fully saturated rings. The fraction of sp³-hybridized carbons (Fsp3) is 0.240. The van der Waals surface area contributed by atoms with Gasteiger partial charge in [-0.05, 0) is 60.9 Å². The van der Waals surface area contributed by atoms with Crippen molar-refractivity contribution in [2.24, 2.45) is 0 Å². The number of hydrogen-bond donors (Lipinski definition) is 1. The largest absolute Gasteiger partial charge is 0.492 e. The molecule has 35 heavy (non-hydrogen) atoms. The van der Waals surface area contributed by atoms with Crippen LogP contribution in [0.25, 0.3) is 0 Å². The second-order valence-electron chi connectivity index (χ2n) is 8.09. The molecule has 1 N–H and O–H groups in total. The molecule has 0 atom stereocenters. The van der Waals surface area contributed by atoms with Gasteiger partial charge in [0.2, 0.25) is 10.0 Å². The number of carbonyl (C=O) groups is 1. The third-order valence-corrected chi connectivity index (χ3v) is 6.55. The standard InChI is InChI=1S/C25H27N3O6S/c1-18-7-12-24(15-19(18)2)34-14-13-26-25(29)21-10-8-20(9-11-21)17-27(35(3,32)33)22-5-4-6-23(16-22)28(30)31/h4-12,15-16H,13-14,17H2,1-3H3,(H,26,29). The van der Waals surface area contributed by atoms with E-state index < -0.39 is 14.9 Å². The van der Waals surface area contributed by atoms with Gasteiger partial charge in [0, 0.05) is 17.7 Å². The van der Waals surface area contributed by atoms with Crippen LogP contribution in [0.2, 0.25) is 0 Å². The van der Waals surface area contributed by atoms with Crippen molar-refractivity contribution in [2.75, 3.05) is 23.7 Å². The molecule has 0 aliphatic heterocycles. The highest BCUT2D eigenvalue weighted by Crippen LogP contribution is 2.25. The Labute approximate surface area is 204 Å². The Bertz CT molecular complexity index is 1320. The van der Waals surface area contributed by atoms with Crippen LogP contribution in [-0.4, -0.2) is 38.7 Å². The smallest absolute Gasteiger partial charge is 0.271 e. The lowest BCUT2D eigenvalue weighted by atomic mass is 10.1. The van der Waals surface area contributed by atoms with E-state index in [-0.39, 0.29) is 23.8 Å². The Morgan fingerprint density at radius 2 is 1.74 bits per heavy atom. The maximum Gasteiger partial charge on any atom is 0.271 e. The monoisotopic (exact) mass is 497 g/mol. The summed E-state index contributed by atoms with van der Waals surface area (Å²) in [5.41, 5.74) is 3.33. The average molecular weight is 498 g/mol. The van der Waals surface area contributed by atoms with Crippen LogP contribution in [0.5, 0.6) is 5.75 Å². The summed E-state index contributed by atoms with van der Waals surface area (Å²) in [6, 6.07) is 17.7. The van der Waals surface area contributed by atoms with Gasteiger partial charge in [-0.15, -0.1) is 0 Å². The predicted octanol–water partition coefficient (Wildman–Crippen LogP) is 3.99. The van der Waals surface area contributed by atoms with E-state index in [0.717, 1.165) is 21.9 Å². The number of rotatable bonds is 10. The number of nitro benzene ring substituents is 1. The second kappa shape index (κ2) is 11.0. The molecule has 0 spiro atoms. The van der Waals surface area contributed by atoms with Crippen LogP contribution in [0.4, 0.5) is 11.4 Å². The minimum absolute atomic E-state index is 0.0360. The van der Waals surface area contributed by atoms with E-state index in [0.29, 0.717) is 24.3 Å². The number of nitrogens with one attached hydrogen (secondary N) is 1. The Morgan fingerprint density at radius 3 is 2.37 bits per heavy atom. The molecule has 3 aromatic carbocycles. The first-order valence-corrected chi connectivity index (χ1v) is 12.7. The topological polar surface area (TPSA) is 119 Å². The number of anilines is 1. The van der Waals surface area contributed by atoms with Gasteiger partial charge in [-0.3, -0.25) is 19.2 Å². The molecule has 0 radical (unpaired) electrons. The molecule has 184 valence electrons. The summed E-state index contributed by atoms with van der Waals surface area (Å²) in [4.78, 5) is 22.9. The molecule has 10 heteroatoms. The van der Waals surface area contributed by atoms with Gasteiger partial charge < -0.3 is 10.1 Å². The van der Waals surface area contributed by atoms with Crippen LogP contribution in [0.15, 0.2) is 66.7 Å². The Hall–Kier alpha value is -3.92. The van der Waals surface area contributed by atoms with E-state index in [1.165, 1.54) is 29.8 Å². The van der Waals surface area contributed by atoms with Crippen molar-refractivity contribution in [3.8, 4) is 5.75 Å². The molecule has 0 unspecified atom stereocenters. The number of benzene rings is 3. The van der Waals surface area contributed by atoms with Crippen molar-refractivity contribution in [3.63, 3.8) is 0 Å². The number of hydrogen-bond acceptors (Lipinski definition) is 6. The Balaban J connectivity index is 1.60. The summed E-state index contributed by atoms with van der Waals surface area (Å²) in [5.74, 6) is 0.463. The summed E-state index contributed by atoms with van der Waals surface area (Å²) in [5, 5.41) is 13.9. The number of non-ortho nitro benzene ring substituents is 1. The highest BCUT2D eigenvalue weighted by atomic mass is 32.2. The summed E-state index contributed by atoms with van der Waals surface area (Å²) >= 11 is 0. The van der Waals surface area contributed by atoms with Crippen molar-refractivity contribution >= 4 is 27.3 Å². The zero-order valence-electron chi connectivity index (χ0n) is 19.7. The summed E-state index contributed by atoms with van der Waals surface area (Å²) < 4.78 is 31.5. The third kappa shape index (κ3) is 7.03. The molecule has 9 nitrogen and oxygen atoms in total. The predicted molar refractivity (Wildman–Crippen MR) is 134 cm³/mol. The van der Waals surface area contributed by atoms with Crippen LogP contribution >= 0.6 is 0 Å². The first-order chi connectivity index (χ1) is 16.5. The van der Waals surface area contributed by atoms with Crippen LogP contribution in [0.1, 0.15) is 27.0 Å². The lowest BCUT2D eigenvalue weighted by Gasteiger charge is -2.22. The average Bonchev–Trinajstić information content (AvgIpc) is 2.82. The highest BCUT2D eigenvalue weighted by molar-refractivity contribution is 7.92. The molecule has 3 aromatic rings. The fourth-order valence-corrected chi connectivity index (χ4v) is 4.21. The number of ether oxygens (including phenoxy) is 1. The molecule has 0 aliphatic carbocycles. The quantitative estimate of drug-likeness (QED) is 0.257. The van der Waals surface area contributed by atoms with Gasteiger partial charge in [-0.1, -0.05) is 24.3 Å². The van der Waals surface area contributed by atoms with Crippen molar-refractivity contribution in [1.82, 2.24) is 5.32 Å². The zero-order valence-corrected chi connectivity index (χ0v) is 20.5. The second-order valence-corrected chi connectivity index (χ2v) is 10.0. The highest BCUT2D eigenvalue weighted by Gasteiger charge is 2.20. The van der Waals surface area contributed by atoms with E-state index in [9.17, 15) is 23.3 Å². The van der Waals surface area contributed by atoms with Crippen molar-refractivity contribution < 1.29 is 22.9 Å². The van der Waals surface area contributed by atoms with Crippen molar-refractivity contribution in [3.05, 3.63) is 99.1 Å². The number of amides is 1. The van der Waals surface area contributed by atoms with Gasteiger partial charge in [-0.2, -0.15) is 0 Å². The maximum atomic E-state index is 12.4. The molecule has 0 bridgehead atoms. The Morgan fingerprint density at radius 1 is 1.03 bits per heavy atom. The van der Waals surface area contributed by atoms with Gasteiger partial charge in [-0.25, -0.2) is 8.42 Å². The van der Waals surface area contributed by atoms with Crippen LogP contribution < -0.4 is 14.4 Å². The van der Waals surface area contributed by atoms with E-state index in [1.807, 2.05) is 32.0 Å². The van der Waals surface area contributed by atoms with Crippen molar-refractivity contribution in [2.45, 2.75) is 20.4 Å². The SMILES string of the molecule is Cc1ccc(OCCNC(=O)c2ccc(CN(c3cccc([N+](=O)[O-])c3)S(C)(=O)=O)cc2)cc1C. The summed E-state index contributed by atoms with van der Waals surface area (Å²) in [6.07, 6.45) is 1.04. The number of sulfonamides is 1. The summed E-state index contributed by atoms with van der Waals surface area (Å²) in [7, 11) is -3.71. The molecule has 0 heterocycles. The lowest BCUT2D eigenvalue weighted by Crippen LogP contribution is -2.29. The van der Waals surface area contributed by atoms with Gasteiger partial charge in [0.25, 0.3) is 11.6 Å². The number of carbonyl (C=O) groups excluding carboxylic acids is 1. The first kappa shape index (κ1) is 25.7. The number of nitrogens with zero attached hydrogens (tertiary/aromatic N) is 2. The van der Waals surface area contributed by atoms with E-state index >= 15 is 0 Å². The molecule has 0 saturated heterocycles. The molecular weight excluding hydrogens is 470 g/mol.